The Hall–Kier alpha value is -2.04. The van der Waals surface area contributed by atoms with E-state index in [2.05, 4.69) is 5.32 Å². The maximum atomic E-state index is 11.4. The number of fused-ring (bicyclic) bond motifs is 1. The average molecular weight is 290 g/mol. The number of hydrogen-bond acceptors (Lipinski definition) is 2. The molecule has 2 aliphatic heterocycles. The van der Waals surface area contributed by atoms with Crippen LogP contribution in [0.25, 0.3) is 0 Å². The number of rotatable bonds is 0. The normalized spacial score (nSPS) is 19.1. The third-order valence-electron chi connectivity index (χ3n) is 4.04. The second-order valence-corrected chi connectivity index (χ2v) is 5.95. The van der Waals surface area contributed by atoms with Gasteiger partial charge < -0.3 is 15.3 Å². The average Bonchev–Trinajstić information content (AvgIpc) is 2.71. The number of hydrogen-bond donors (Lipinski definition) is 2. The number of benzene rings is 1. The lowest BCUT2D eigenvalue weighted by atomic mass is 9.86. The molecule has 5 heteroatoms. The van der Waals surface area contributed by atoms with E-state index in [9.17, 15) is 9.59 Å². The first kappa shape index (κ1) is 15.4. The van der Waals surface area contributed by atoms with Gasteiger partial charge in [-0.05, 0) is 44.7 Å². The quantitative estimate of drug-likeness (QED) is 0.771. The Bertz CT molecular complexity index is 534. The number of anilines is 1. The lowest BCUT2D eigenvalue weighted by molar-refractivity contribution is -0.119. The molecule has 21 heavy (non-hydrogen) atoms. The number of para-hydroxylation sites is 1. The zero-order valence-corrected chi connectivity index (χ0v) is 12.6. The molecule has 1 aromatic carbocycles. The first-order valence-corrected chi connectivity index (χ1v) is 7.32. The van der Waals surface area contributed by atoms with Crippen LogP contribution in [0.15, 0.2) is 24.3 Å². The highest BCUT2D eigenvalue weighted by Crippen LogP contribution is 2.36. The third-order valence-corrected chi connectivity index (χ3v) is 4.04. The van der Waals surface area contributed by atoms with Gasteiger partial charge in [-0.1, -0.05) is 18.2 Å². The zero-order chi connectivity index (χ0) is 15.5. The first-order valence-electron chi connectivity index (χ1n) is 7.32. The van der Waals surface area contributed by atoms with Gasteiger partial charge in [0, 0.05) is 18.8 Å². The Kier molecular flexibility index (Phi) is 4.50. The number of nitrogens with zero attached hydrogens (tertiary/aromatic N) is 1. The van der Waals surface area contributed by atoms with Crippen molar-refractivity contribution in [2.45, 2.75) is 38.5 Å². The van der Waals surface area contributed by atoms with E-state index in [1.54, 1.807) is 0 Å². The van der Waals surface area contributed by atoms with E-state index in [1.165, 1.54) is 11.3 Å². The van der Waals surface area contributed by atoms with Crippen molar-refractivity contribution in [3.05, 3.63) is 29.8 Å². The molecule has 2 heterocycles. The molecule has 0 aromatic heterocycles. The van der Waals surface area contributed by atoms with Gasteiger partial charge in [-0.15, -0.1) is 0 Å². The molecule has 0 unspecified atom stereocenters. The third kappa shape index (κ3) is 3.35. The summed E-state index contributed by atoms with van der Waals surface area (Å²) in [5, 5.41) is 11.3. The van der Waals surface area contributed by atoms with Crippen LogP contribution in [0.1, 0.15) is 38.7 Å². The summed E-state index contributed by atoms with van der Waals surface area (Å²) < 4.78 is 0. The van der Waals surface area contributed by atoms with Gasteiger partial charge in [-0.25, -0.2) is 4.79 Å². The number of carbonyl (C=O) groups excluding carboxylic acids is 1. The van der Waals surface area contributed by atoms with Crippen LogP contribution in [-0.4, -0.2) is 35.1 Å². The van der Waals surface area contributed by atoms with E-state index in [4.69, 9.17) is 5.11 Å². The SMILES string of the molecule is CC1(C)C(=O)Nc2ccccc21.O=C(O)N1CCCCC1. The number of piperidine rings is 1. The predicted molar refractivity (Wildman–Crippen MR) is 81.5 cm³/mol. The second-order valence-electron chi connectivity index (χ2n) is 5.95. The molecule has 1 fully saturated rings. The Morgan fingerprint density at radius 3 is 2.33 bits per heavy atom. The molecule has 0 atom stereocenters. The molecule has 1 aromatic rings. The highest BCUT2D eigenvalue weighted by atomic mass is 16.4. The van der Waals surface area contributed by atoms with E-state index in [1.807, 2.05) is 38.1 Å². The molecule has 0 saturated carbocycles. The van der Waals surface area contributed by atoms with Crippen LogP contribution in [0, 0.1) is 0 Å². The first-order chi connectivity index (χ1) is 9.93. The molecule has 0 bridgehead atoms. The number of carboxylic acid groups (broad SMARTS) is 1. The van der Waals surface area contributed by atoms with Gasteiger partial charge in [-0.3, -0.25) is 4.79 Å². The van der Waals surface area contributed by atoms with Crippen LogP contribution in [0.5, 0.6) is 0 Å². The summed E-state index contributed by atoms with van der Waals surface area (Å²) >= 11 is 0. The largest absolute Gasteiger partial charge is 0.465 e. The maximum Gasteiger partial charge on any atom is 0.407 e. The van der Waals surface area contributed by atoms with Gasteiger partial charge in [-0.2, -0.15) is 0 Å². The fraction of sp³-hybridized carbons (Fsp3) is 0.500. The summed E-state index contributed by atoms with van der Waals surface area (Å²) in [5.41, 5.74) is 1.68. The summed E-state index contributed by atoms with van der Waals surface area (Å²) in [5.74, 6) is 0.0868. The number of nitrogens with one attached hydrogen (secondary N) is 1. The van der Waals surface area contributed by atoms with Crippen molar-refractivity contribution < 1.29 is 14.7 Å². The van der Waals surface area contributed by atoms with Crippen LogP contribution in [0.4, 0.5) is 10.5 Å². The lowest BCUT2D eigenvalue weighted by Gasteiger charge is -2.22. The summed E-state index contributed by atoms with van der Waals surface area (Å²) in [6.07, 6.45) is 2.48. The smallest absolute Gasteiger partial charge is 0.407 e. The van der Waals surface area contributed by atoms with E-state index >= 15 is 0 Å². The minimum atomic E-state index is -0.769. The number of carbonyl (C=O) groups is 2. The van der Waals surface area contributed by atoms with Crippen molar-refractivity contribution in [3.63, 3.8) is 0 Å². The molecule has 114 valence electrons. The fourth-order valence-electron chi connectivity index (χ4n) is 2.62. The van der Waals surface area contributed by atoms with Crippen LogP contribution in [-0.2, 0) is 10.2 Å². The molecular formula is C16H22N2O3. The van der Waals surface area contributed by atoms with E-state index in [0.29, 0.717) is 0 Å². The van der Waals surface area contributed by atoms with Crippen molar-refractivity contribution in [2.75, 3.05) is 18.4 Å². The molecular weight excluding hydrogens is 268 g/mol. The minimum absolute atomic E-state index is 0.0868. The predicted octanol–water partition coefficient (Wildman–Crippen LogP) is 3.07. The van der Waals surface area contributed by atoms with Crippen LogP contribution < -0.4 is 5.32 Å². The van der Waals surface area contributed by atoms with Gasteiger partial charge in [0.25, 0.3) is 0 Å². The summed E-state index contributed by atoms with van der Waals surface area (Å²) in [7, 11) is 0. The van der Waals surface area contributed by atoms with Crippen molar-refractivity contribution in [1.29, 1.82) is 0 Å². The summed E-state index contributed by atoms with van der Waals surface area (Å²) in [6, 6.07) is 7.82. The maximum absolute atomic E-state index is 11.4. The molecule has 5 nitrogen and oxygen atoms in total. The van der Waals surface area contributed by atoms with Gasteiger partial charge >= 0.3 is 6.09 Å². The number of amides is 2. The standard InChI is InChI=1S/C10H11NO.C6H11NO2/c1-10(2)7-5-3-4-6-8(7)11-9(10)12;8-6(9)7-4-2-1-3-5-7/h3-6H,1-2H3,(H,11,12);1-5H2,(H,8,9). The Morgan fingerprint density at radius 1 is 1.19 bits per heavy atom. The van der Waals surface area contributed by atoms with E-state index in [0.717, 1.165) is 37.2 Å². The number of likely N-dealkylation sites (tertiary alicyclic amines) is 1. The molecule has 2 aliphatic rings. The van der Waals surface area contributed by atoms with Gasteiger partial charge in [0.1, 0.15) is 0 Å². The van der Waals surface area contributed by atoms with Gasteiger partial charge in [0.2, 0.25) is 5.91 Å². The van der Waals surface area contributed by atoms with E-state index < -0.39 is 6.09 Å². The summed E-state index contributed by atoms with van der Waals surface area (Å²) in [4.78, 5) is 23.2. The molecule has 2 amide bonds. The van der Waals surface area contributed by atoms with Crippen molar-refractivity contribution >= 4 is 17.7 Å². The topological polar surface area (TPSA) is 69.6 Å². The van der Waals surface area contributed by atoms with Crippen molar-refractivity contribution in [1.82, 2.24) is 4.90 Å². The van der Waals surface area contributed by atoms with Crippen molar-refractivity contribution in [3.8, 4) is 0 Å². The van der Waals surface area contributed by atoms with Gasteiger partial charge in [0.05, 0.1) is 5.41 Å². The second kappa shape index (κ2) is 6.16. The van der Waals surface area contributed by atoms with E-state index in [-0.39, 0.29) is 11.3 Å². The Labute approximate surface area is 125 Å². The van der Waals surface area contributed by atoms with Crippen LogP contribution in [0.3, 0.4) is 0 Å². The zero-order valence-electron chi connectivity index (χ0n) is 12.6. The Morgan fingerprint density at radius 2 is 1.81 bits per heavy atom. The fourth-order valence-corrected chi connectivity index (χ4v) is 2.62. The molecule has 2 N–H and O–H groups in total. The van der Waals surface area contributed by atoms with Crippen molar-refractivity contribution in [2.24, 2.45) is 0 Å². The molecule has 0 spiro atoms. The molecule has 0 aliphatic carbocycles. The van der Waals surface area contributed by atoms with Crippen LogP contribution >= 0.6 is 0 Å². The van der Waals surface area contributed by atoms with Crippen LogP contribution in [0.2, 0.25) is 0 Å². The van der Waals surface area contributed by atoms with Gasteiger partial charge in [0.15, 0.2) is 0 Å². The highest BCUT2D eigenvalue weighted by molar-refractivity contribution is 6.05. The Balaban J connectivity index is 0.000000161. The highest BCUT2D eigenvalue weighted by Gasteiger charge is 2.37. The molecule has 3 rings (SSSR count). The molecule has 1 saturated heterocycles. The summed E-state index contributed by atoms with van der Waals surface area (Å²) in [6.45, 7) is 5.34. The molecule has 0 radical (unpaired) electrons. The minimum Gasteiger partial charge on any atom is -0.465 e. The lowest BCUT2D eigenvalue weighted by Crippen LogP contribution is -2.34. The monoisotopic (exact) mass is 290 g/mol.